The van der Waals surface area contributed by atoms with Gasteiger partial charge in [-0.05, 0) is 93.8 Å². The van der Waals surface area contributed by atoms with Crippen LogP contribution in [0.2, 0.25) is 0 Å². The first kappa shape index (κ1) is 22.2. The van der Waals surface area contributed by atoms with Gasteiger partial charge in [0.1, 0.15) is 0 Å². The van der Waals surface area contributed by atoms with Crippen LogP contribution in [0.5, 0.6) is 0 Å². The lowest BCUT2D eigenvalue weighted by Gasteiger charge is -2.40. The highest BCUT2D eigenvalue weighted by molar-refractivity contribution is 5.90. The molecule has 1 unspecified atom stereocenters. The van der Waals surface area contributed by atoms with Crippen LogP contribution in [0.25, 0.3) is 0 Å². The first-order valence-electron chi connectivity index (χ1n) is 11.3. The maximum Gasteiger partial charge on any atom is 0.0991 e. The average molecular weight is 402 g/mol. The summed E-state index contributed by atoms with van der Waals surface area (Å²) in [5.41, 5.74) is 5.63. The van der Waals surface area contributed by atoms with Crippen molar-refractivity contribution in [2.24, 2.45) is 16.8 Å². The topological polar surface area (TPSA) is 39.4 Å². The standard InChI is InChI=1S/C27H35N3/c1-20(2)13-15-30-16-14-25(17-23-9-11-24(19-28)12-10-23)18-27(30)22(4)29-26-8-6-5-7-21(26)3/h5-12,20,25,27H,13-18H2,1-4H3/b29-22+/t25?,27-/m1/s1. The first-order chi connectivity index (χ1) is 14.5. The number of likely N-dealkylation sites (tertiary alicyclic amines) is 1. The van der Waals surface area contributed by atoms with Crippen LogP contribution in [0.4, 0.5) is 5.69 Å². The predicted molar refractivity (Wildman–Crippen MR) is 126 cm³/mol. The molecule has 0 saturated carbocycles. The van der Waals surface area contributed by atoms with Crippen molar-refractivity contribution in [2.45, 2.75) is 59.4 Å². The molecule has 1 heterocycles. The molecule has 3 rings (SSSR count). The van der Waals surface area contributed by atoms with Gasteiger partial charge >= 0.3 is 0 Å². The SMILES string of the molecule is C/C(=N\c1ccccc1C)[C@H]1CC(Cc2ccc(C#N)cc2)CCN1CCC(C)C. The van der Waals surface area contributed by atoms with E-state index in [1.54, 1.807) is 0 Å². The second-order valence-corrected chi connectivity index (χ2v) is 9.18. The Balaban J connectivity index is 1.76. The Morgan fingerprint density at radius 2 is 1.90 bits per heavy atom. The minimum absolute atomic E-state index is 0.403. The largest absolute Gasteiger partial charge is 0.295 e. The van der Waals surface area contributed by atoms with E-state index in [0.29, 0.717) is 12.0 Å². The third-order valence-corrected chi connectivity index (χ3v) is 6.32. The summed E-state index contributed by atoms with van der Waals surface area (Å²) < 4.78 is 0. The number of rotatable bonds is 7. The molecule has 0 N–H and O–H groups in total. The van der Waals surface area contributed by atoms with Crippen molar-refractivity contribution < 1.29 is 0 Å². The summed E-state index contributed by atoms with van der Waals surface area (Å²) >= 11 is 0. The van der Waals surface area contributed by atoms with E-state index in [2.05, 4.69) is 75.1 Å². The van der Waals surface area contributed by atoms with Crippen LogP contribution in [0.3, 0.4) is 0 Å². The van der Waals surface area contributed by atoms with Gasteiger partial charge in [0.15, 0.2) is 0 Å². The Bertz CT molecular complexity index is 889. The monoisotopic (exact) mass is 401 g/mol. The second-order valence-electron chi connectivity index (χ2n) is 9.18. The van der Waals surface area contributed by atoms with E-state index in [9.17, 15) is 0 Å². The molecule has 1 aliphatic rings. The van der Waals surface area contributed by atoms with Crippen molar-refractivity contribution in [3.05, 3.63) is 65.2 Å². The maximum atomic E-state index is 9.04. The van der Waals surface area contributed by atoms with E-state index in [1.165, 1.54) is 29.7 Å². The van der Waals surface area contributed by atoms with Gasteiger partial charge in [0.25, 0.3) is 0 Å². The van der Waals surface area contributed by atoms with Gasteiger partial charge in [0.2, 0.25) is 0 Å². The number of para-hydroxylation sites is 1. The quantitative estimate of drug-likeness (QED) is 0.509. The zero-order chi connectivity index (χ0) is 21.5. The molecule has 30 heavy (non-hydrogen) atoms. The predicted octanol–water partition coefficient (Wildman–Crippen LogP) is 6.33. The third-order valence-electron chi connectivity index (χ3n) is 6.32. The highest BCUT2D eigenvalue weighted by Crippen LogP contribution is 2.29. The van der Waals surface area contributed by atoms with Crippen LogP contribution in [-0.2, 0) is 6.42 Å². The van der Waals surface area contributed by atoms with Crippen molar-refractivity contribution in [1.82, 2.24) is 4.90 Å². The molecule has 158 valence electrons. The minimum Gasteiger partial charge on any atom is -0.295 e. The molecule has 0 radical (unpaired) electrons. The van der Waals surface area contributed by atoms with Crippen LogP contribution in [-0.4, -0.2) is 29.7 Å². The Morgan fingerprint density at radius 3 is 2.57 bits per heavy atom. The van der Waals surface area contributed by atoms with E-state index >= 15 is 0 Å². The molecule has 0 spiro atoms. The fourth-order valence-electron chi connectivity index (χ4n) is 4.40. The second kappa shape index (κ2) is 10.5. The van der Waals surface area contributed by atoms with Gasteiger partial charge in [-0.3, -0.25) is 9.89 Å². The number of hydrogen-bond acceptors (Lipinski definition) is 3. The normalized spacial score (nSPS) is 20.3. The van der Waals surface area contributed by atoms with Gasteiger partial charge in [-0.1, -0.05) is 44.2 Å². The number of benzene rings is 2. The smallest absolute Gasteiger partial charge is 0.0991 e. The Morgan fingerprint density at radius 1 is 1.17 bits per heavy atom. The molecule has 1 saturated heterocycles. The number of hydrogen-bond donors (Lipinski definition) is 0. The van der Waals surface area contributed by atoms with Gasteiger partial charge in [-0.2, -0.15) is 5.26 Å². The molecule has 3 nitrogen and oxygen atoms in total. The number of nitriles is 1. The Hall–Kier alpha value is -2.44. The van der Waals surface area contributed by atoms with Crippen LogP contribution in [0, 0.1) is 30.1 Å². The van der Waals surface area contributed by atoms with Crippen LogP contribution in [0.1, 0.15) is 56.7 Å². The molecule has 1 fully saturated rings. The van der Waals surface area contributed by atoms with Crippen molar-refractivity contribution in [2.75, 3.05) is 13.1 Å². The summed E-state index contributed by atoms with van der Waals surface area (Å²) in [5.74, 6) is 1.37. The number of piperidine rings is 1. The lowest BCUT2D eigenvalue weighted by Crippen LogP contribution is -2.47. The van der Waals surface area contributed by atoms with Crippen molar-refractivity contribution in [3.63, 3.8) is 0 Å². The van der Waals surface area contributed by atoms with Crippen molar-refractivity contribution in [1.29, 1.82) is 5.26 Å². The molecule has 0 aliphatic carbocycles. The first-order valence-corrected chi connectivity index (χ1v) is 11.3. The Kier molecular flexibility index (Phi) is 7.82. The highest BCUT2D eigenvalue weighted by atomic mass is 15.2. The van der Waals surface area contributed by atoms with E-state index in [4.69, 9.17) is 10.3 Å². The van der Waals surface area contributed by atoms with Crippen LogP contribution < -0.4 is 0 Å². The zero-order valence-corrected chi connectivity index (χ0v) is 18.9. The molecule has 1 aliphatic heterocycles. The summed E-state index contributed by atoms with van der Waals surface area (Å²) in [6, 6.07) is 19.1. The molecular weight excluding hydrogens is 366 g/mol. The highest BCUT2D eigenvalue weighted by Gasteiger charge is 2.30. The van der Waals surface area contributed by atoms with E-state index in [-0.39, 0.29) is 0 Å². The van der Waals surface area contributed by atoms with Crippen LogP contribution >= 0.6 is 0 Å². The summed E-state index contributed by atoms with van der Waals surface area (Å²) in [4.78, 5) is 7.72. The van der Waals surface area contributed by atoms with Gasteiger partial charge in [0, 0.05) is 11.8 Å². The maximum absolute atomic E-state index is 9.04. The fraction of sp³-hybridized carbons (Fsp3) is 0.481. The lowest BCUT2D eigenvalue weighted by molar-refractivity contribution is 0.144. The molecule has 2 aromatic carbocycles. The van der Waals surface area contributed by atoms with Crippen molar-refractivity contribution >= 4 is 11.4 Å². The van der Waals surface area contributed by atoms with Crippen LogP contribution in [0.15, 0.2) is 53.5 Å². The average Bonchev–Trinajstić information content (AvgIpc) is 2.74. The fourth-order valence-corrected chi connectivity index (χ4v) is 4.40. The van der Waals surface area contributed by atoms with Gasteiger partial charge in [-0.15, -0.1) is 0 Å². The van der Waals surface area contributed by atoms with Gasteiger partial charge < -0.3 is 0 Å². The molecule has 2 aromatic rings. The summed E-state index contributed by atoms with van der Waals surface area (Å²) in [5, 5.41) is 9.04. The number of aliphatic imine (C=N–C) groups is 1. The van der Waals surface area contributed by atoms with Crippen molar-refractivity contribution in [3.8, 4) is 6.07 Å². The number of aryl methyl sites for hydroxylation is 1. The van der Waals surface area contributed by atoms with Gasteiger partial charge in [0.05, 0.1) is 17.3 Å². The molecule has 2 atom stereocenters. The van der Waals surface area contributed by atoms with Gasteiger partial charge in [-0.25, -0.2) is 0 Å². The van der Waals surface area contributed by atoms with E-state index < -0.39 is 0 Å². The molecule has 0 amide bonds. The molecule has 0 aromatic heterocycles. The summed E-state index contributed by atoms with van der Waals surface area (Å²) in [6.07, 6.45) is 4.69. The van der Waals surface area contributed by atoms with E-state index in [0.717, 1.165) is 43.1 Å². The third kappa shape index (κ3) is 6.03. The van der Waals surface area contributed by atoms with E-state index in [1.807, 2.05) is 12.1 Å². The zero-order valence-electron chi connectivity index (χ0n) is 18.9. The lowest BCUT2D eigenvalue weighted by atomic mass is 9.84. The molecular formula is C27H35N3. The molecule has 0 bridgehead atoms. The summed E-state index contributed by atoms with van der Waals surface area (Å²) in [6.45, 7) is 11.2. The molecule has 3 heteroatoms. The number of nitrogens with zero attached hydrogens (tertiary/aromatic N) is 3. The summed E-state index contributed by atoms with van der Waals surface area (Å²) in [7, 11) is 0. The minimum atomic E-state index is 0.403. The Labute approximate surface area is 182 Å².